The second-order valence-corrected chi connectivity index (χ2v) is 9.00. The minimum atomic E-state index is -3.23. The van der Waals surface area contributed by atoms with Gasteiger partial charge in [-0.2, -0.15) is 0 Å². The Morgan fingerprint density at radius 3 is 2.43 bits per heavy atom. The number of likely N-dealkylation sites (tertiary alicyclic amines) is 1. The summed E-state index contributed by atoms with van der Waals surface area (Å²) >= 11 is 0. The Bertz CT molecular complexity index is 893. The fourth-order valence-corrected chi connectivity index (χ4v) is 3.76. The second-order valence-electron chi connectivity index (χ2n) is 6.98. The van der Waals surface area contributed by atoms with Crippen molar-refractivity contribution in [3.8, 4) is 5.88 Å². The van der Waals surface area contributed by atoms with Crippen molar-refractivity contribution in [1.82, 2.24) is 15.2 Å². The third-order valence-electron chi connectivity index (χ3n) is 4.80. The van der Waals surface area contributed by atoms with Crippen LogP contribution in [0.4, 0.5) is 4.79 Å². The van der Waals surface area contributed by atoms with E-state index in [9.17, 15) is 13.2 Å². The number of carbonyl (C=O) groups is 1. The zero-order valence-electron chi connectivity index (χ0n) is 16.0. The molecule has 0 aliphatic carbocycles. The first kappa shape index (κ1) is 20.1. The highest BCUT2D eigenvalue weighted by Gasteiger charge is 2.25. The van der Waals surface area contributed by atoms with Gasteiger partial charge in [0.05, 0.1) is 10.9 Å². The van der Waals surface area contributed by atoms with Gasteiger partial charge in [0, 0.05) is 44.5 Å². The molecule has 1 aliphatic heterocycles. The van der Waals surface area contributed by atoms with Crippen molar-refractivity contribution in [2.24, 2.45) is 0 Å². The number of benzene rings is 1. The first-order valence-electron chi connectivity index (χ1n) is 9.26. The van der Waals surface area contributed by atoms with E-state index in [0.29, 0.717) is 19.0 Å². The number of nitrogens with one attached hydrogen (secondary N) is 1. The Balaban J connectivity index is 1.50. The highest BCUT2D eigenvalue weighted by molar-refractivity contribution is 7.90. The maximum Gasteiger partial charge on any atom is 0.317 e. The predicted octanol–water partition coefficient (Wildman–Crippen LogP) is 2.80. The lowest BCUT2D eigenvalue weighted by Gasteiger charge is -2.32. The molecule has 7 nitrogen and oxygen atoms in total. The molecule has 0 radical (unpaired) electrons. The quantitative estimate of drug-likeness (QED) is 0.829. The van der Waals surface area contributed by atoms with Crippen molar-refractivity contribution in [2.75, 3.05) is 19.3 Å². The fraction of sp³-hybridized carbons (Fsp3) is 0.400. The number of amides is 2. The summed E-state index contributed by atoms with van der Waals surface area (Å²) in [5.41, 5.74) is 0.856. The molecule has 2 amide bonds. The molecular weight excluding hydrogens is 378 g/mol. The Hall–Kier alpha value is -2.61. The molecule has 0 bridgehead atoms. The second kappa shape index (κ2) is 8.60. The molecule has 28 heavy (non-hydrogen) atoms. The number of hydrogen-bond donors (Lipinski definition) is 1. The van der Waals surface area contributed by atoms with Gasteiger partial charge in [-0.3, -0.25) is 0 Å². The van der Waals surface area contributed by atoms with Crippen LogP contribution in [0.2, 0.25) is 0 Å². The summed E-state index contributed by atoms with van der Waals surface area (Å²) in [7, 11) is -3.23. The molecule has 2 heterocycles. The van der Waals surface area contributed by atoms with E-state index < -0.39 is 9.84 Å². The van der Waals surface area contributed by atoms with Crippen LogP contribution in [0.1, 0.15) is 31.4 Å². The van der Waals surface area contributed by atoms with E-state index in [-0.39, 0.29) is 23.1 Å². The van der Waals surface area contributed by atoms with Crippen LogP contribution >= 0.6 is 0 Å². The van der Waals surface area contributed by atoms with Crippen molar-refractivity contribution < 1.29 is 17.9 Å². The van der Waals surface area contributed by atoms with E-state index in [1.807, 2.05) is 25.1 Å². The van der Waals surface area contributed by atoms with Gasteiger partial charge in [0.2, 0.25) is 5.88 Å². The van der Waals surface area contributed by atoms with E-state index in [4.69, 9.17) is 4.74 Å². The van der Waals surface area contributed by atoms with E-state index in [0.717, 1.165) is 18.4 Å². The summed E-state index contributed by atoms with van der Waals surface area (Å²) in [6.07, 6.45) is 4.43. The van der Waals surface area contributed by atoms with Crippen molar-refractivity contribution >= 4 is 15.9 Å². The molecule has 3 rings (SSSR count). The summed E-state index contributed by atoms with van der Waals surface area (Å²) in [4.78, 5) is 18.8. The lowest BCUT2D eigenvalue weighted by molar-refractivity contribution is 0.106. The van der Waals surface area contributed by atoms with Crippen molar-refractivity contribution in [1.29, 1.82) is 0 Å². The number of pyridine rings is 1. The van der Waals surface area contributed by atoms with Gasteiger partial charge >= 0.3 is 6.03 Å². The summed E-state index contributed by atoms with van der Waals surface area (Å²) in [6.45, 7) is 3.11. The lowest BCUT2D eigenvalue weighted by atomic mass is 10.1. The van der Waals surface area contributed by atoms with Crippen LogP contribution in [-0.4, -0.2) is 49.8 Å². The molecule has 1 fully saturated rings. The number of urea groups is 1. The fourth-order valence-electron chi connectivity index (χ4n) is 3.13. The smallest absolute Gasteiger partial charge is 0.317 e. The Morgan fingerprint density at radius 1 is 1.18 bits per heavy atom. The molecule has 1 N–H and O–H groups in total. The minimum Gasteiger partial charge on any atom is -0.474 e. The summed E-state index contributed by atoms with van der Waals surface area (Å²) < 4.78 is 29.0. The van der Waals surface area contributed by atoms with Crippen LogP contribution < -0.4 is 10.1 Å². The van der Waals surface area contributed by atoms with Crippen LogP contribution in [-0.2, 0) is 9.84 Å². The molecule has 2 aromatic rings. The van der Waals surface area contributed by atoms with Crippen LogP contribution in [0.25, 0.3) is 0 Å². The predicted molar refractivity (Wildman–Crippen MR) is 106 cm³/mol. The highest BCUT2D eigenvalue weighted by Crippen LogP contribution is 2.19. The molecule has 1 aliphatic rings. The van der Waals surface area contributed by atoms with Crippen molar-refractivity contribution in [2.45, 2.75) is 36.8 Å². The van der Waals surface area contributed by atoms with Gasteiger partial charge in [0.15, 0.2) is 9.84 Å². The largest absolute Gasteiger partial charge is 0.474 e. The molecule has 1 aromatic heterocycles. The Labute approximate surface area is 165 Å². The summed E-state index contributed by atoms with van der Waals surface area (Å²) in [5.74, 6) is 0.608. The van der Waals surface area contributed by atoms with Gasteiger partial charge < -0.3 is 15.0 Å². The molecule has 1 atom stereocenters. The first-order valence-corrected chi connectivity index (χ1v) is 11.2. The average Bonchev–Trinajstić information content (AvgIpc) is 2.68. The number of aromatic nitrogens is 1. The van der Waals surface area contributed by atoms with Gasteiger partial charge in [-0.25, -0.2) is 18.2 Å². The molecule has 0 spiro atoms. The zero-order valence-corrected chi connectivity index (χ0v) is 16.9. The van der Waals surface area contributed by atoms with E-state index >= 15 is 0 Å². The number of piperidine rings is 1. The van der Waals surface area contributed by atoms with Crippen LogP contribution in [0, 0.1) is 0 Å². The molecule has 1 unspecified atom stereocenters. The molecule has 0 saturated carbocycles. The monoisotopic (exact) mass is 403 g/mol. The van der Waals surface area contributed by atoms with Crippen LogP contribution in [0.5, 0.6) is 5.88 Å². The standard InChI is InChI=1S/C20H25N3O4S/c1-15(16-6-8-18(9-7-16)28(2,25)26)22-20(24)23-13-10-17(11-14-23)27-19-5-3-4-12-21-19/h3-9,12,15,17H,10-11,13-14H2,1-2H3,(H,22,24). The number of rotatable bonds is 5. The molecular formula is C20H25N3O4S. The van der Waals surface area contributed by atoms with E-state index in [1.54, 1.807) is 35.4 Å². The topological polar surface area (TPSA) is 88.6 Å². The number of nitrogens with zero attached hydrogens (tertiary/aromatic N) is 2. The highest BCUT2D eigenvalue weighted by atomic mass is 32.2. The summed E-state index contributed by atoms with van der Waals surface area (Å²) in [6, 6.07) is 11.8. The van der Waals surface area contributed by atoms with Gasteiger partial charge in [0.1, 0.15) is 6.10 Å². The maximum atomic E-state index is 12.5. The average molecular weight is 404 g/mol. The molecule has 1 aromatic carbocycles. The van der Waals surface area contributed by atoms with E-state index in [2.05, 4.69) is 10.3 Å². The zero-order chi connectivity index (χ0) is 20.1. The van der Waals surface area contributed by atoms with Gasteiger partial charge in [0.25, 0.3) is 0 Å². The lowest BCUT2D eigenvalue weighted by Crippen LogP contribution is -2.47. The SMILES string of the molecule is CC(NC(=O)N1CCC(Oc2ccccn2)CC1)c1ccc(S(C)(=O)=O)cc1. The third kappa shape index (κ3) is 5.22. The number of carbonyl (C=O) groups excluding carboxylic acids is 1. The van der Waals surface area contributed by atoms with Gasteiger partial charge in [-0.05, 0) is 30.7 Å². The van der Waals surface area contributed by atoms with Crippen molar-refractivity contribution in [3.05, 3.63) is 54.2 Å². The Kier molecular flexibility index (Phi) is 6.18. The molecule has 8 heteroatoms. The Morgan fingerprint density at radius 2 is 1.86 bits per heavy atom. The summed E-state index contributed by atoms with van der Waals surface area (Å²) in [5, 5.41) is 2.97. The number of hydrogen-bond acceptors (Lipinski definition) is 5. The first-order chi connectivity index (χ1) is 13.3. The van der Waals surface area contributed by atoms with Crippen molar-refractivity contribution in [3.63, 3.8) is 0 Å². The molecule has 1 saturated heterocycles. The van der Waals surface area contributed by atoms with Crippen LogP contribution in [0.3, 0.4) is 0 Å². The van der Waals surface area contributed by atoms with Gasteiger partial charge in [-0.1, -0.05) is 18.2 Å². The van der Waals surface area contributed by atoms with Gasteiger partial charge in [-0.15, -0.1) is 0 Å². The minimum absolute atomic E-state index is 0.0555. The molecule has 150 valence electrons. The normalized spacial score (nSPS) is 16.4. The van der Waals surface area contributed by atoms with Crippen LogP contribution in [0.15, 0.2) is 53.6 Å². The third-order valence-corrected chi connectivity index (χ3v) is 5.93. The number of ether oxygens (including phenoxy) is 1. The van der Waals surface area contributed by atoms with E-state index in [1.165, 1.54) is 6.26 Å². The number of sulfone groups is 1. The maximum absolute atomic E-state index is 12.5.